The standard InChI is InChI=1S/C25H32N6O/c1-20-16-22(30-13-11-29(12-14-30)17-21-6-2-4-10-26-21)8-9-24(20)25-19-31(28-27-25)18-23-7-3-5-15-32-23/h2,4,6,8-10,16,19,23H,3,5,7,11-15,17-18H2,1H3. The third kappa shape index (κ3) is 5.00. The molecule has 7 heteroatoms. The van der Waals surface area contributed by atoms with Crippen molar-refractivity contribution in [3.8, 4) is 11.3 Å². The van der Waals surface area contributed by atoms with Crippen LogP contribution in [0.3, 0.4) is 0 Å². The highest BCUT2D eigenvalue weighted by Crippen LogP contribution is 2.27. The lowest BCUT2D eigenvalue weighted by molar-refractivity contribution is 0.00370. The van der Waals surface area contributed by atoms with E-state index in [1.54, 1.807) is 0 Å². The highest BCUT2D eigenvalue weighted by Gasteiger charge is 2.19. The van der Waals surface area contributed by atoms with Crippen LogP contribution in [0.15, 0.2) is 48.8 Å². The molecule has 1 atom stereocenters. The minimum absolute atomic E-state index is 0.262. The summed E-state index contributed by atoms with van der Waals surface area (Å²) in [6.45, 7) is 8.90. The third-order valence-corrected chi connectivity index (χ3v) is 6.54. The molecule has 0 bridgehead atoms. The highest BCUT2D eigenvalue weighted by atomic mass is 16.5. The molecule has 2 aromatic heterocycles. The van der Waals surface area contributed by atoms with Crippen LogP contribution in [0.4, 0.5) is 5.69 Å². The molecule has 2 aliphatic rings. The summed E-state index contributed by atoms with van der Waals surface area (Å²) in [6, 6.07) is 12.8. The van der Waals surface area contributed by atoms with E-state index < -0.39 is 0 Å². The van der Waals surface area contributed by atoms with Crippen LogP contribution in [0.1, 0.15) is 30.5 Å². The summed E-state index contributed by atoms with van der Waals surface area (Å²) in [4.78, 5) is 9.42. The molecule has 0 N–H and O–H groups in total. The number of aromatic nitrogens is 4. The number of piperazine rings is 1. The fraction of sp³-hybridized carbons (Fsp3) is 0.480. The van der Waals surface area contributed by atoms with E-state index in [0.29, 0.717) is 0 Å². The van der Waals surface area contributed by atoms with E-state index in [0.717, 1.165) is 69.2 Å². The van der Waals surface area contributed by atoms with Crippen molar-refractivity contribution in [2.45, 2.75) is 45.4 Å². The molecule has 3 aromatic rings. The normalized spacial score (nSPS) is 19.9. The fourth-order valence-electron chi connectivity index (χ4n) is 4.69. The Morgan fingerprint density at radius 3 is 2.72 bits per heavy atom. The van der Waals surface area contributed by atoms with E-state index in [1.807, 2.05) is 16.9 Å². The summed E-state index contributed by atoms with van der Waals surface area (Å²) in [5, 5.41) is 8.78. The van der Waals surface area contributed by atoms with E-state index in [9.17, 15) is 0 Å². The van der Waals surface area contributed by atoms with Gasteiger partial charge in [0, 0.05) is 56.8 Å². The summed E-state index contributed by atoms with van der Waals surface area (Å²) in [5.41, 5.74) is 5.75. The van der Waals surface area contributed by atoms with Crippen molar-refractivity contribution in [3.05, 3.63) is 60.0 Å². The van der Waals surface area contributed by atoms with Gasteiger partial charge in [-0.3, -0.25) is 9.88 Å². The summed E-state index contributed by atoms with van der Waals surface area (Å²) in [7, 11) is 0. The molecule has 0 radical (unpaired) electrons. The zero-order chi connectivity index (χ0) is 21.8. The number of ether oxygens (including phenoxy) is 1. The van der Waals surface area contributed by atoms with Gasteiger partial charge in [-0.15, -0.1) is 5.10 Å². The van der Waals surface area contributed by atoms with Crippen molar-refractivity contribution in [1.29, 1.82) is 0 Å². The number of benzene rings is 1. The molecule has 5 rings (SSSR count). The molecule has 168 valence electrons. The molecule has 0 aliphatic carbocycles. The molecule has 2 saturated heterocycles. The summed E-state index contributed by atoms with van der Waals surface area (Å²) < 4.78 is 7.77. The Hall–Kier alpha value is -2.77. The molecule has 7 nitrogen and oxygen atoms in total. The molecule has 4 heterocycles. The Bertz CT molecular complexity index is 1010. The number of pyridine rings is 1. The number of rotatable bonds is 6. The van der Waals surface area contributed by atoms with Crippen LogP contribution in [0.5, 0.6) is 0 Å². The van der Waals surface area contributed by atoms with Crippen LogP contribution >= 0.6 is 0 Å². The molecular formula is C25H32N6O. The Morgan fingerprint density at radius 2 is 1.97 bits per heavy atom. The SMILES string of the molecule is Cc1cc(N2CCN(Cc3ccccn3)CC2)ccc1-c1cn(CC2CCCCO2)nn1. The van der Waals surface area contributed by atoms with Gasteiger partial charge in [-0.1, -0.05) is 17.3 Å². The van der Waals surface area contributed by atoms with Crippen molar-refractivity contribution in [1.82, 2.24) is 24.9 Å². The largest absolute Gasteiger partial charge is 0.376 e. The quantitative estimate of drug-likeness (QED) is 0.594. The van der Waals surface area contributed by atoms with Crippen LogP contribution in [-0.2, 0) is 17.8 Å². The summed E-state index contributed by atoms with van der Waals surface area (Å²) in [6.07, 6.45) is 7.71. The lowest BCUT2D eigenvalue weighted by Crippen LogP contribution is -2.46. The zero-order valence-electron chi connectivity index (χ0n) is 18.9. The van der Waals surface area contributed by atoms with Gasteiger partial charge in [0.2, 0.25) is 0 Å². The maximum absolute atomic E-state index is 5.84. The van der Waals surface area contributed by atoms with Gasteiger partial charge in [-0.2, -0.15) is 0 Å². The van der Waals surface area contributed by atoms with Crippen LogP contribution in [-0.4, -0.2) is 63.8 Å². The first kappa shape index (κ1) is 21.1. The van der Waals surface area contributed by atoms with Gasteiger partial charge >= 0.3 is 0 Å². The first-order chi connectivity index (χ1) is 15.7. The average Bonchev–Trinajstić information content (AvgIpc) is 3.29. The number of hydrogen-bond donors (Lipinski definition) is 0. The van der Waals surface area contributed by atoms with Gasteiger partial charge in [0.25, 0.3) is 0 Å². The predicted molar refractivity (Wildman–Crippen MR) is 126 cm³/mol. The van der Waals surface area contributed by atoms with Gasteiger partial charge in [0.15, 0.2) is 0 Å². The smallest absolute Gasteiger partial charge is 0.113 e. The Morgan fingerprint density at radius 1 is 1.06 bits per heavy atom. The second-order valence-corrected chi connectivity index (χ2v) is 8.90. The maximum Gasteiger partial charge on any atom is 0.113 e. The monoisotopic (exact) mass is 432 g/mol. The number of anilines is 1. The van der Waals surface area contributed by atoms with Gasteiger partial charge in [-0.25, -0.2) is 4.68 Å². The van der Waals surface area contributed by atoms with Crippen molar-refractivity contribution in [3.63, 3.8) is 0 Å². The maximum atomic E-state index is 5.84. The van der Waals surface area contributed by atoms with Gasteiger partial charge in [-0.05, 0) is 56.0 Å². The Balaban J connectivity index is 1.19. The molecule has 32 heavy (non-hydrogen) atoms. The van der Waals surface area contributed by atoms with Gasteiger partial charge in [0.1, 0.15) is 5.69 Å². The van der Waals surface area contributed by atoms with Crippen molar-refractivity contribution in [2.24, 2.45) is 0 Å². The van der Waals surface area contributed by atoms with Gasteiger partial charge < -0.3 is 9.64 Å². The topological polar surface area (TPSA) is 59.3 Å². The number of aryl methyl sites for hydroxylation is 1. The van der Waals surface area contributed by atoms with Gasteiger partial charge in [0.05, 0.1) is 24.5 Å². The number of hydrogen-bond acceptors (Lipinski definition) is 6. The van der Waals surface area contributed by atoms with E-state index in [4.69, 9.17) is 4.74 Å². The fourth-order valence-corrected chi connectivity index (χ4v) is 4.69. The lowest BCUT2D eigenvalue weighted by Gasteiger charge is -2.36. The Labute approximate surface area is 190 Å². The first-order valence-corrected chi connectivity index (χ1v) is 11.7. The lowest BCUT2D eigenvalue weighted by atomic mass is 10.0. The van der Waals surface area contributed by atoms with E-state index in [1.165, 1.54) is 24.1 Å². The molecule has 1 aromatic carbocycles. The van der Waals surface area contributed by atoms with E-state index in [2.05, 4.69) is 68.5 Å². The zero-order valence-corrected chi connectivity index (χ0v) is 18.9. The highest BCUT2D eigenvalue weighted by molar-refractivity contribution is 5.67. The first-order valence-electron chi connectivity index (χ1n) is 11.7. The molecule has 0 saturated carbocycles. The molecular weight excluding hydrogens is 400 g/mol. The summed E-state index contributed by atoms with van der Waals surface area (Å²) in [5.74, 6) is 0. The van der Waals surface area contributed by atoms with Crippen molar-refractivity contribution < 1.29 is 4.74 Å². The number of nitrogens with zero attached hydrogens (tertiary/aromatic N) is 6. The minimum Gasteiger partial charge on any atom is -0.376 e. The van der Waals surface area contributed by atoms with Crippen LogP contribution in [0.25, 0.3) is 11.3 Å². The van der Waals surface area contributed by atoms with Crippen molar-refractivity contribution >= 4 is 5.69 Å². The van der Waals surface area contributed by atoms with Crippen LogP contribution in [0, 0.1) is 6.92 Å². The molecule has 2 fully saturated rings. The predicted octanol–water partition coefficient (Wildman–Crippen LogP) is 3.54. The minimum atomic E-state index is 0.262. The van der Waals surface area contributed by atoms with Crippen LogP contribution in [0.2, 0.25) is 0 Å². The average molecular weight is 433 g/mol. The van der Waals surface area contributed by atoms with Crippen molar-refractivity contribution in [2.75, 3.05) is 37.7 Å². The molecule has 1 unspecified atom stereocenters. The summed E-state index contributed by atoms with van der Waals surface area (Å²) >= 11 is 0. The second kappa shape index (κ2) is 9.79. The molecule has 2 aliphatic heterocycles. The Kier molecular flexibility index (Phi) is 6.46. The third-order valence-electron chi connectivity index (χ3n) is 6.54. The molecule has 0 amide bonds. The van der Waals surface area contributed by atoms with E-state index >= 15 is 0 Å². The molecule has 0 spiro atoms. The van der Waals surface area contributed by atoms with Crippen LogP contribution < -0.4 is 4.90 Å². The van der Waals surface area contributed by atoms with E-state index in [-0.39, 0.29) is 6.10 Å². The second-order valence-electron chi connectivity index (χ2n) is 8.90.